The van der Waals surface area contributed by atoms with Gasteiger partial charge in [0.15, 0.2) is 11.4 Å². The van der Waals surface area contributed by atoms with Gasteiger partial charge in [-0.25, -0.2) is 4.79 Å². The maximum Gasteiger partial charge on any atom is 0.356 e. The molecule has 0 fully saturated rings. The predicted molar refractivity (Wildman–Crippen MR) is 61.1 cm³/mol. The van der Waals surface area contributed by atoms with Crippen LogP contribution in [0.3, 0.4) is 0 Å². The van der Waals surface area contributed by atoms with Crippen LogP contribution >= 0.6 is 0 Å². The number of pyridine rings is 1. The zero-order valence-corrected chi connectivity index (χ0v) is 8.68. The highest BCUT2D eigenvalue weighted by Crippen LogP contribution is 2.18. The molecule has 0 spiro atoms. The van der Waals surface area contributed by atoms with Gasteiger partial charge in [0.1, 0.15) is 0 Å². The van der Waals surface area contributed by atoms with Crippen molar-refractivity contribution in [1.82, 2.24) is 4.98 Å². The van der Waals surface area contributed by atoms with Gasteiger partial charge in [-0.05, 0) is 5.56 Å². The van der Waals surface area contributed by atoms with Crippen molar-refractivity contribution in [2.75, 3.05) is 0 Å². The van der Waals surface area contributed by atoms with Gasteiger partial charge in [-0.15, -0.1) is 0 Å². The van der Waals surface area contributed by atoms with E-state index in [4.69, 9.17) is 5.11 Å². The highest BCUT2D eigenvalue weighted by Gasteiger charge is 2.15. The minimum atomic E-state index is -1.38. The fourth-order valence-corrected chi connectivity index (χ4v) is 1.48. The van der Waals surface area contributed by atoms with Crippen LogP contribution in [-0.2, 0) is 0 Å². The first-order valence-corrected chi connectivity index (χ1v) is 4.84. The van der Waals surface area contributed by atoms with E-state index in [9.17, 15) is 14.7 Å². The van der Waals surface area contributed by atoms with Gasteiger partial charge in [-0.1, -0.05) is 30.3 Å². The second kappa shape index (κ2) is 4.13. The molecule has 1 aromatic heterocycles. The van der Waals surface area contributed by atoms with Crippen molar-refractivity contribution in [3.63, 3.8) is 0 Å². The van der Waals surface area contributed by atoms with Crippen molar-refractivity contribution in [1.29, 1.82) is 0 Å². The monoisotopic (exact) mass is 231 g/mol. The number of aromatic nitrogens is 1. The molecule has 17 heavy (non-hydrogen) atoms. The minimum Gasteiger partial charge on any atom is -0.502 e. The number of H-pyrrole nitrogens is 1. The van der Waals surface area contributed by atoms with E-state index in [1.807, 2.05) is 0 Å². The summed E-state index contributed by atoms with van der Waals surface area (Å²) < 4.78 is 0. The molecule has 5 heteroatoms. The predicted octanol–water partition coefficient (Wildman–Crippen LogP) is 1.45. The van der Waals surface area contributed by atoms with E-state index >= 15 is 0 Å². The Morgan fingerprint density at radius 2 is 1.82 bits per heavy atom. The van der Waals surface area contributed by atoms with Gasteiger partial charge in [0.2, 0.25) is 5.43 Å². The molecule has 0 aliphatic rings. The first-order valence-electron chi connectivity index (χ1n) is 4.84. The van der Waals surface area contributed by atoms with Crippen LogP contribution in [-0.4, -0.2) is 21.2 Å². The minimum absolute atomic E-state index is 0.353. The number of carboxylic acid groups (broad SMARTS) is 1. The number of carbonyl (C=O) groups is 1. The van der Waals surface area contributed by atoms with E-state index in [-0.39, 0.29) is 0 Å². The van der Waals surface area contributed by atoms with E-state index in [0.29, 0.717) is 11.3 Å². The largest absolute Gasteiger partial charge is 0.502 e. The van der Waals surface area contributed by atoms with Crippen molar-refractivity contribution in [3.8, 4) is 17.0 Å². The summed E-state index contributed by atoms with van der Waals surface area (Å²) in [5, 5.41) is 18.1. The van der Waals surface area contributed by atoms with Crippen LogP contribution in [0.2, 0.25) is 0 Å². The topological polar surface area (TPSA) is 90.4 Å². The summed E-state index contributed by atoms with van der Waals surface area (Å²) in [6.45, 7) is 0. The van der Waals surface area contributed by atoms with E-state index in [1.54, 1.807) is 30.3 Å². The molecular formula is C12H9NO4. The number of hydrogen-bond donors (Lipinski definition) is 3. The van der Waals surface area contributed by atoms with Crippen LogP contribution in [0.25, 0.3) is 11.3 Å². The molecule has 0 bridgehead atoms. The Morgan fingerprint density at radius 1 is 1.18 bits per heavy atom. The first-order chi connectivity index (χ1) is 8.09. The molecule has 1 aromatic carbocycles. The molecule has 5 nitrogen and oxygen atoms in total. The smallest absolute Gasteiger partial charge is 0.356 e. The lowest BCUT2D eigenvalue weighted by Gasteiger charge is -2.04. The third-order valence-corrected chi connectivity index (χ3v) is 2.30. The summed E-state index contributed by atoms with van der Waals surface area (Å²) in [5.74, 6) is -2.16. The van der Waals surface area contributed by atoms with Crippen LogP contribution in [0.5, 0.6) is 5.75 Å². The molecule has 2 rings (SSSR count). The second-order valence-electron chi connectivity index (χ2n) is 3.44. The average molecular weight is 231 g/mol. The fraction of sp³-hybridized carbons (Fsp3) is 0. The van der Waals surface area contributed by atoms with Crippen molar-refractivity contribution in [3.05, 3.63) is 52.3 Å². The van der Waals surface area contributed by atoms with E-state index in [1.165, 1.54) is 0 Å². The number of aromatic carboxylic acids is 1. The Morgan fingerprint density at radius 3 is 2.41 bits per heavy atom. The summed E-state index contributed by atoms with van der Waals surface area (Å²) in [6, 6.07) is 9.96. The molecule has 0 atom stereocenters. The lowest BCUT2D eigenvalue weighted by atomic mass is 10.1. The van der Waals surface area contributed by atoms with Crippen LogP contribution in [0, 0.1) is 0 Å². The Hall–Kier alpha value is -2.56. The summed E-state index contributed by atoms with van der Waals surface area (Å²) >= 11 is 0. The zero-order chi connectivity index (χ0) is 12.4. The van der Waals surface area contributed by atoms with Gasteiger partial charge in [0.05, 0.1) is 5.69 Å². The number of hydrogen-bond acceptors (Lipinski definition) is 3. The number of aromatic hydroxyl groups is 1. The fourth-order valence-electron chi connectivity index (χ4n) is 1.48. The summed E-state index contributed by atoms with van der Waals surface area (Å²) in [6.07, 6.45) is 0. The molecule has 1 heterocycles. The number of aromatic amines is 1. The van der Waals surface area contributed by atoms with Gasteiger partial charge < -0.3 is 15.2 Å². The van der Waals surface area contributed by atoms with Crippen LogP contribution in [0.1, 0.15) is 10.5 Å². The van der Waals surface area contributed by atoms with Crippen molar-refractivity contribution in [2.45, 2.75) is 0 Å². The Kier molecular flexibility index (Phi) is 2.66. The normalized spacial score (nSPS) is 10.1. The van der Waals surface area contributed by atoms with Gasteiger partial charge in [0.25, 0.3) is 0 Å². The molecule has 2 aromatic rings. The third kappa shape index (κ3) is 2.03. The maximum absolute atomic E-state index is 11.4. The molecule has 0 saturated heterocycles. The average Bonchev–Trinajstić information content (AvgIpc) is 2.33. The summed E-state index contributed by atoms with van der Waals surface area (Å²) in [7, 11) is 0. The lowest BCUT2D eigenvalue weighted by Crippen LogP contribution is -2.10. The summed E-state index contributed by atoms with van der Waals surface area (Å²) in [4.78, 5) is 24.8. The van der Waals surface area contributed by atoms with Gasteiger partial charge in [0, 0.05) is 6.07 Å². The molecular weight excluding hydrogens is 222 g/mol. The van der Waals surface area contributed by atoms with Crippen LogP contribution in [0.15, 0.2) is 41.2 Å². The molecule has 86 valence electrons. The van der Waals surface area contributed by atoms with E-state index in [2.05, 4.69) is 4.98 Å². The van der Waals surface area contributed by atoms with Gasteiger partial charge >= 0.3 is 5.97 Å². The van der Waals surface area contributed by atoms with Crippen molar-refractivity contribution in [2.24, 2.45) is 0 Å². The lowest BCUT2D eigenvalue weighted by molar-refractivity contribution is 0.0687. The summed E-state index contributed by atoms with van der Waals surface area (Å²) in [5.41, 5.74) is -0.200. The Labute approximate surface area is 96.0 Å². The number of carboxylic acids is 1. The second-order valence-corrected chi connectivity index (χ2v) is 3.44. The Balaban J connectivity index is 2.66. The molecule has 0 aliphatic heterocycles. The van der Waals surface area contributed by atoms with Gasteiger partial charge in [-0.3, -0.25) is 4.79 Å². The molecule has 0 radical (unpaired) electrons. The van der Waals surface area contributed by atoms with Crippen molar-refractivity contribution < 1.29 is 15.0 Å². The molecule has 0 unspecified atom stereocenters. The SMILES string of the molecule is O=C(O)c1[nH]c(-c2ccccc2)cc(=O)c1O. The van der Waals surface area contributed by atoms with E-state index in [0.717, 1.165) is 6.07 Å². The van der Waals surface area contributed by atoms with Crippen LogP contribution in [0.4, 0.5) is 0 Å². The molecule has 0 amide bonds. The third-order valence-electron chi connectivity index (χ3n) is 2.30. The highest BCUT2D eigenvalue weighted by molar-refractivity contribution is 5.89. The highest BCUT2D eigenvalue weighted by atomic mass is 16.4. The Bertz CT molecular complexity index is 616. The van der Waals surface area contributed by atoms with Crippen LogP contribution < -0.4 is 5.43 Å². The van der Waals surface area contributed by atoms with Crippen molar-refractivity contribution >= 4 is 5.97 Å². The molecule has 3 N–H and O–H groups in total. The molecule has 0 saturated carbocycles. The first kappa shape index (κ1) is 10.9. The van der Waals surface area contributed by atoms with Gasteiger partial charge in [-0.2, -0.15) is 0 Å². The molecule has 0 aliphatic carbocycles. The number of rotatable bonds is 2. The zero-order valence-electron chi connectivity index (χ0n) is 8.68. The van der Waals surface area contributed by atoms with E-state index < -0.39 is 22.8 Å². The number of benzene rings is 1. The standard InChI is InChI=1S/C12H9NO4/c14-9-6-8(7-4-2-1-3-5-7)13-10(11(9)15)12(16)17/h1-6,15H,(H,13,14)(H,16,17). The maximum atomic E-state index is 11.4. The number of nitrogens with one attached hydrogen (secondary N) is 1. The quantitative estimate of drug-likeness (QED) is 0.729.